The first-order valence-corrected chi connectivity index (χ1v) is 21.1. The van der Waals surface area contributed by atoms with Crippen molar-refractivity contribution in [3.05, 3.63) is 138 Å². The Hall–Kier alpha value is -2.09. The maximum atomic E-state index is 3.88. The Bertz CT molecular complexity index is 1500. The van der Waals surface area contributed by atoms with Crippen molar-refractivity contribution in [2.45, 2.75) is 71.9 Å². The summed E-state index contributed by atoms with van der Waals surface area (Å²) < 4.78 is 0. The van der Waals surface area contributed by atoms with E-state index in [1.54, 1.807) is 23.3 Å². The Morgan fingerprint density at radius 3 is 1.57 bits per heavy atom. The summed E-state index contributed by atoms with van der Waals surface area (Å²) in [7, 11) is 0. The molecule has 0 radical (unpaired) electrons. The Labute approximate surface area is 294 Å². The van der Waals surface area contributed by atoms with Crippen LogP contribution in [-0.4, -0.2) is 5.43 Å². The fourth-order valence-electron chi connectivity index (χ4n) is 5.42. The van der Waals surface area contributed by atoms with Crippen molar-refractivity contribution in [3.63, 3.8) is 0 Å². The minimum absolute atomic E-state index is 0. The van der Waals surface area contributed by atoms with E-state index in [-0.39, 0.29) is 41.1 Å². The maximum Gasteiger partial charge on any atom is -0.172 e. The molecule has 0 aliphatic heterocycles. The zero-order valence-electron chi connectivity index (χ0n) is 27.4. The number of fused-ring (bicyclic) bond motifs is 3. The predicted molar refractivity (Wildman–Crippen MR) is 181 cm³/mol. The first-order valence-electron chi connectivity index (χ1n) is 14.9. The number of benzene rings is 4. The molecule has 1 aliphatic rings. The normalized spacial score (nSPS) is 11.3. The summed E-state index contributed by atoms with van der Waals surface area (Å²) in [5, 5.41) is 0. The topological polar surface area (TPSA) is 0 Å². The third-order valence-corrected chi connectivity index (χ3v) is 7.38. The summed E-state index contributed by atoms with van der Waals surface area (Å²) in [6, 6.07) is 42.8. The average molecular weight is 715 g/mol. The molecule has 5 aromatic carbocycles. The Balaban J connectivity index is 0.000000535. The number of halogens is 2. The minimum atomic E-state index is 0. The van der Waals surface area contributed by atoms with E-state index in [9.17, 15) is 0 Å². The van der Waals surface area contributed by atoms with Gasteiger partial charge in [0.05, 0.1) is 0 Å². The molecule has 1 aliphatic carbocycles. The van der Waals surface area contributed by atoms with E-state index in [4.69, 9.17) is 0 Å². The SMILES string of the molecule is CC(C)(C)c1cc2c([c-]c1-c1ccccc1)Cc1cc(-c3ccccc3)c(C(C)(C)C)cc1-2.C[Si](C)=[Zr+2].[Cl-].[Cl-].c1cc[cH-]c1. The van der Waals surface area contributed by atoms with Gasteiger partial charge in [-0.3, -0.25) is 0 Å². The molecule has 0 bridgehead atoms. The standard InChI is InChI=1S/C33H33.C5H5.C2H6Si.2ClH.Zr/c1-32(2,3)30-20-26-24(18-28(30)22-13-9-7-10-14-22)17-25-19-29(23-15-11-8-12-16-23)31(21-27(25)26)33(4,5)6;1-2-4-5-3-1;1-3-2;;;/h7-16,18,20-21H,17H2,1-6H3;1-5H;1-2H3;2*1H;/q2*-1;;;;+2/p-2. The number of rotatable bonds is 2. The van der Waals surface area contributed by atoms with Gasteiger partial charge in [-0.1, -0.05) is 131 Å². The smallest absolute Gasteiger partial charge is 0.172 e. The Morgan fingerprint density at radius 1 is 0.636 bits per heavy atom. The molecule has 0 nitrogen and oxygen atoms in total. The molecule has 0 atom stereocenters. The van der Waals surface area contributed by atoms with Crippen molar-refractivity contribution in [3.8, 4) is 33.4 Å². The second kappa shape index (κ2) is 16.5. The second-order valence-electron chi connectivity index (χ2n) is 13.4. The molecule has 44 heavy (non-hydrogen) atoms. The average Bonchev–Trinajstić information content (AvgIpc) is 3.63. The van der Waals surface area contributed by atoms with Gasteiger partial charge in [-0.15, -0.1) is 28.8 Å². The van der Waals surface area contributed by atoms with Gasteiger partial charge in [0, 0.05) is 0 Å². The zero-order chi connectivity index (χ0) is 30.5. The van der Waals surface area contributed by atoms with Gasteiger partial charge in [0.1, 0.15) is 0 Å². The number of hydrogen-bond donors (Lipinski definition) is 0. The van der Waals surface area contributed by atoms with Crippen LogP contribution in [0, 0.1) is 6.07 Å². The zero-order valence-corrected chi connectivity index (χ0v) is 32.3. The van der Waals surface area contributed by atoms with E-state index in [0.29, 0.717) is 0 Å². The van der Waals surface area contributed by atoms with Crippen molar-refractivity contribution >= 4 is 5.43 Å². The van der Waals surface area contributed by atoms with Crippen LogP contribution in [0.25, 0.3) is 33.4 Å². The fourth-order valence-corrected chi connectivity index (χ4v) is 5.42. The van der Waals surface area contributed by atoms with Gasteiger partial charge in [0.25, 0.3) is 0 Å². The first-order chi connectivity index (χ1) is 19.9. The van der Waals surface area contributed by atoms with Crippen LogP contribution < -0.4 is 24.8 Å². The monoisotopic (exact) mass is 712 g/mol. The summed E-state index contributed by atoms with van der Waals surface area (Å²) in [6.45, 7) is 18.5. The van der Waals surface area contributed by atoms with Crippen LogP contribution in [0.15, 0.2) is 109 Å². The molecule has 0 amide bonds. The Kier molecular flexibility index (Phi) is 14.3. The summed E-state index contributed by atoms with van der Waals surface area (Å²) in [4.78, 5) is 0. The van der Waals surface area contributed by atoms with Gasteiger partial charge in [-0.25, -0.2) is 12.1 Å². The van der Waals surface area contributed by atoms with E-state index >= 15 is 0 Å². The van der Waals surface area contributed by atoms with Crippen LogP contribution in [0.1, 0.15) is 63.8 Å². The molecule has 6 rings (SSSR count). The van der Waals surface area contributed by atoms with Crippen LogP contribution in [0.2, 0.25) is 13.1 Å². The third-order valence-electron chi connectivity index (χ3n) is 7.38. The van der Waals surface area contributed by atoms with Gasteiger partial charge >= 0.3 is 41.9 Å². The van der Waals surface area contributed by atoms with Crippen LogP contribution in [0.4, 0.5) is 0 Å². The predicted octanol–water partition coefficient (Wildman–Crippen LogP) is 5.18. The van der Waals surface area contributed by atoms with Crippen molar-refractivity contribution in [1.29, 1.82) is 0 Å². The van der Waals surface area contributed by atoms with E-state index in [1.807, 2.05) is 30.3 Å². The third kappa shape index (κ3) is 9.70. The summed E-state index contributed by atoms with van der Waals surface area (Å²) in [6.07, 6.45) is 0.944. The molecule has 0 unspecified atom stereocenters. The molecule has 0 aromatic heterocycles. The molecule has 0 saturated heterocycles. The van der Waals surface area contributed by atoms with Crippen molar-refractivity contribution in [2.24, 2.45) is 0 Å². The van der Waals surface area contributed by atoms with Crippen molar-refractivity contribution < 1.29 is 48.1 Å². The van der Waals surface area contributed by atoms with Gasteiger partial charge in [0.15, 0.2) is 0 Å². The summed E-state index contributed by atoms with van der Waals surface area (Å²) >= 11 is 1.74. The van der Waals surface area contributed by atoms with Gasteiger partial charge in [0.2, 0.25) is 0 Å². The molecular weight excluding hydrogens is 671 g/mol. The minimum Gasteiger partial charge on any atom is -1.00 e. The van der Waals surface area contributed by atoms with E-state index in [1.165, 1.54) is 55.6 Å². The molecule has 0 fully saturated rings. The molecular formula is C40H44Cl2SiZr-2. The van der Waals surface area contributed by atoms with E-state index in [0.717, 1.165) is 6.42 Å². The van der Waals surface area contributed by atoms with Crippen molar-refractivity contribution in [1.82, 2.24) is 0 Å². The quantitative estimate of drug-likeness (QED) is 0.171. The Morgan fingerprint density at radius 2 is 1.11 bits per heavy atom. The van der Waals surface area contributed by atoms with Crippen molar-refractivity contribution in [2.75, 3.05) is 0 Å². The van der Waals surface area contributed by atoms with E-state index in [2.05, 4.69) is 140 Å². The van der Waals surface area contributed by atoms with Crippen LogP contribution in [0.5, 0.6) is 0 Å². The molecule has 228 valence electrons. The van der Waals surface area contributed by atoms with Gasteiger partial charge < -0.3 is 24.8 Å². The first kappa shape index (κ1) is 38.1. The van der Waals surface area contributed by atoms with Crippen LogP contribution >= 0.6 is 0 Å². The largest absolute Gasteiger partial charge is 1.00 e. The van der Waals surface area contributed by atoms with E-state index < -0.39 is 0 Å². The molecule has 0 spiro atoms. The summed E-state index contributed by atoms with van der Waals surface area (Å²) in [5.41, 5.74) is 13.7. The molecule has 5 aromatic rings. The molecule has 0 saturated carbocycles. The van der Waals surface area contributed by atoms with Gasteiger partial charge in [-0.2, -0.15) is 18.2 Å². The molecule has 0 heterocycles. The fraction of sp³-hybridized carbons (Fsp3) is 0.275. The second-order valence-corrected chi connectivity index (χ2v) is 22.8. The van der Waals surface area contributed by atoms with Crippen LogP contribution in [-0.2, 0) is 40.6 Å². The van der Waals surface area contributed by atoms with Crippen LogP contribution in [0.3, 0.4) is 0 Å². The summed E-state index contributed by atoms with van der Waals surface area (Å²) in [5.74, 6) is 0. The van der Waals surface area contributed by atoms with Gasteiger partial charge in [-0.05, 0) is 39.5 Å². The molecule has 0 N–H and O–H groups in total. The number of hydrogen-bond acceptors (Lipinski definition) is 0. The molecule has 4 heteroatoms. The maximum absolute atomic E-state index is 3.88.